The Bertz CT molecular complexity index is 1390. The van der Waals surface area contributed by atoms with Gasteiger partial charge in [-0.25, -0.2) is 12.8 Å². The molecule has 3 rings (SSSR count). The predicted molar refractivity (Wildman–Crippen MR) is 123 cm³/mol. The first-order chi connectivity index (χ1) is 16.5. The van der Waals surface area contributed by atoms with Gasteiger partial charge < -0.3 is 8.92 Å². The second kappa shape index (κ2) is 10.9. The summed E-state index contributed by atoms with van der Waals surface area (Å²) in [5, 5.41) is 10.9. The number of nitro groups is 1. The van der Waals surface area contributed by atoms with Crippen LogP contribution in [0.1, 0.15) is 5.56 Å². The molecule has 0 aliphatic carbocycles. The fourth-order valence-electron chi connectivity index (χ4n) is 3.04. The van der Waals surface area contributed by atoms with E-state index in [1.807, 2.05) is 0 Å². The SMILES string of the molecule is COCCN(Cc1cccc(OS(=O)(=O)c2ccc(F)cc2)c1)S(=O)(=O)c1ccc([N+](=O)[O-])cc1. The summed E-state index contributed by atoms with van der Waals surface area (Å²) >= 11 is 0. The van der Waals surface area contributed by atoms with Crippen LogP contribution in [0, 0.1) is 15.9 Å². The molecule has 0 aromatic heterocycles. The maximum Gasteiger partial charge on any atom is 0.339 e. The average molecular weight is 525 g/mol. The lowest BCUT2D eigenvalue weighted by molar-refractivity contribution is -0.384. The number of nitrogens with zero attached hydrogens (tertiary/aromatic N) is 2. The molecular formula is C22H21FN2O8S2. The van der Waals surface area contributed by atoms with Crippen LogP contribution in [0.3, 0.4) is 0 Å². The zero-order chi connectivity index (χ0) is 25.6. The highest BCUT2D eigenvalue weighted by molar-refractivity contribution is 7.89. The number of ether oxygens (including phenoxy) is 1. The minimum Gasteiger partial charge on any atom is -0.383 e. The summed E-state index contributed by atoms with van der Waals surface area (Å²) in [6.07, 6.45) is 0. The lowest BCUT2D eigenvalue weighted by Crippen LogP contribution is -2.33. The fraction of sp³-hybridized carbons (Fsp3) is 0.182. The zero-order valence-electron chi connectivity index (χ0n) is 18.4. The van der Waals surface area contributed by atoms with E-state index < -0.39 is 30.9 Å². The molecule has 0 aliphatic heterocycles. The van der Waals surface area contributed by atoms with Crippen LogP contribution in [0.15, 0.2) is 82.6 Å². The van der Waals surface area contributed by atoms with Crippen LogP contribution in [0.2, 0.25) is 0 Å². The van der Waals surface area contributed by atoms with Crippen molar-refractivity contribution in [2.24, 2.45) is 0 Å². The number of non-ortho nitro benzene ring substituents is 1. The van der Waals surface area contributed by atoms with Gasteiger partial charge in [0.25, 0.3) is 5.69 Å². The van der Waals surface area contributed by atoms with Crippen molar-refractivity contribution in [1.29, 1.82) is 0 Å². The molecule has 0 unspecified atom stereocenters. The molecule has 0 radical (unpaired) electrons. The highest BCUT2D eigenvalue weighted by atomic mass is 32.2. The molecule has 0 bridgehead atoms. The summed E-state index contributed by atoms with van der Waals surface area (Å²) in [5.74, 6) is -0.664. The minimum absolute atomic E-state index is 0.0330. The van der Waals surface area contributed by atoms with E-state index in [2.05, 4.69) is 0 Å². The third-order valence-electron chi connectivity index (χ3n) is 4.80. The normalized spacial score (nSPS) is 12.0. The van der Waals surface area contributed by atoms with Crippen LogP contribution in [0.4, 0.5) is 10.1 Å². The number of hydrogen-bond donors (Lipinski definition) is 0. The number of rotatable bonds is 11. The van der Waals surface area contributed by atoms with E-state index in [-0.39, 0.29) is 40.9 Å². The summed E-state index contributed by atoms with van der Waals surface area (Å²) in [5.41, 5.74) is 0.165. The first-order valence-electron chi connectivity index (χ1n) is 10.1. The smallest absolute Gasteiger partial charge is 0.339 e. The van der Waals surface area contributed by atoms with Crippen molar-refractivity contribution in [3.05, 3.63) is 94.3 Å². The van der Waals surface area contributed by atoms with Crippen LogP contribution in [0.5, 0.6) is 5.75 Å². The van der Waals surface area contributed by atoms with Gasteiger partial charge in [0.1, 0.15) is 16.5 Å². The van der Waals surface area contributed by atoms with Gasteiger partial charge in [-0.15, -0.1) is 0 Å². The van der Waals surface area contributed by atoms with Crippen LogP contribution >= 0.6 is 0 Å². The summed E-state index contributed by atoms with van der Waals surface area (Å²) < 4.78 is 75.7. The van der Waals surface area contributed by atoms with Crippen molar-refractivity contribution >= 4 is 25.8 Å². The van der Waals surface area contributed by atoms with Crippen LogP contribution in [0.25, 0.3) is 0 Å². The van der Waals surface area contributed by atoms with E-state index in [4.69, 9.17) is 8.92 Å². The number of methoxy groups -OCH3 is 1. The monoisotopic (exact) mass is 524 g/mol. The van der Waals surface area contributed by atoms with Gasteiger partial charge in [0.2, 0.25) is 10.0 Å². The lowest BCUT2D eigenvalue weighted by atomic mass is 10.2. The van der Waals surface area contributed by atoms with Crippen molar-refractivity contribution in [2.75, 3.05) is 20.3 Å². The Morgan fingerprint density at radius 2 is 1.57 bits per heavy atom. The number of halogens is 1. The maximum absolute atomic E-state index is 13.2. The van der Waals surface area contributed by atoms with Crippen LogP contribution in [-0.4, -0.2) is 46.3 Å². The predicted octanol–water partition coefficient (Wildman–Crippen LogP) is 3.34. The van der Waals surface area contributed by atoms with E-state index in [0.29, 0.717) is 5.56 Å². The van der Waals surface area contributed by atoms with Crippen LogP contribution < -0.4 is 4.18 Å². The molecule has 0 saturated heterocycles. The van der Waals surface area contributed by atoms with Crippen molar-refractivity contribution in [1.82, 2.24) is 4.31 Å². The Kier molecular flexibility index (Phi) is 8.17. The molecule has 0 N–H and O–H groups in total. The standard InChI is InChI=1S/C22H21FN2O8S2/c1-32-14-13-24(34(28,29)21-11-7-19(8-12-21)25(26)27)16-17-3-2-4-20(15-17)33-35(30,31)22-9-5-18(23)6-10-22/h2-12,15H,13-14,16H2,1H3. The molecule has 0 heterocycles. The van der Waals surface area contributed by atoms with Gasteiger partial charge in [0.15, 0.2) is 0 Å². The maximum atomic E-state index is 13.2. The topological polar surface area (TPSA) is 133 Å². The van der Waals surface area contributed by atoms with Gasteiger partial charge in [-0.3, -0.25) is 10.1 Å². The second-order valence-electron chi connectivity index (χ2n) is 7.22. The lowest BCUT2D eigenvalue weighted by Gasteiger charge is -2.22. The van der Waals surface area contributed by atoms with Crippen molar-refractivity contribution in [3.63, 3.8) is 0 Å². The molecule has 0 amide bonds. The first-order valence-corrected chi connectivity index (χ1v) is 12.9. The quantitative estimate of drug-likeness (QED) is 0.212. The van der Waals surface area contributed by atoms with Gasteiger partial charge in [-0.05, 0) is 54.1 Å². The van der Waals surface area contributed by atoms with Gasteiger partial charge in [0, 0.05) is 32.3 Å². The Hall–Kier alpha value is -3.39. The summed E-state index contributed by atoms with van der Waals surface area (Å²) in [7, 11) is -6.91. The molecule has 0 spiro atoms. The highest BCUT2D eigenvalue weighted by Gasteiger charge is 2.26. The summed E-state index contributed by atoms with van der Waals surface area (Å²) in [6, 6.07) is 14.4. The largest absolute Gasteiger partial charge is 0.383 e. The van der Waals surface area contributed by atoms with E-state index >= 15 is 0 Å². The molecule has 13 heteroatoms. The summed E-state index contributed by atoms with van der Waals surface area (Å²) in [6.45, 7) is -0.118. The van der Waals surface area contributed by atoms with Crippen molar-refractivity contribution < 1.29 is 35.1 Å². The average Bonchev–Trinajstić information content (AvgIpc) is 2.82. The molecule has 0 atom stereocenters. The molecule has 3 aromatic rings. The fourth-order valence-corrected chi connectivity index (χ4v) is 5.38. The molecule has 0 aliphatic rings. The third-order valence-corrected chi connectivity index (χ3v) is 7.92. The number of benzene rings is 3. The molecule has 0 saturated carbocycles. The van der Waals surface area contributed by atoms with Crippen molar-refractivity contribution in [3.8, 4) is 5.75 Å². The first kappa shape index (κ1) is 26.2. The molecular weight excluding hydrogens is 503 g/mol. The van der Waals surface area contributed by atoms with E-state index in [1.54, 1.807) is 6.07 Å². The van der Waals surface area contributed by atoms with Crippen molar-refractivity contribution in [2.45, 2.75) is 16.3 Å². The Morgan fingerprint density at radius 1 is 0.943 bits per heavy atom. The second-order valence-corrected chi connectivity index (χ2v) is 10.7. The van der Waals surface area contributed by atoms with Gasteiger partial charge >= 0.3 is 10.1 Å². The Balaban J connectivity index is 1.85. The molecule has 3 aromatic carbocycles. The zero-order valence-corrected chi connectivity index (χ0v) is 20.0. The Labute approximate surface area is 201 Å². The molecule has 0 fully saturated rings. The molecule has 10 nitrogen and oxygen atoms in total. The molecule has 186 valence electrons. The van der Waals surface area contributed by atoms with Gasteiger partial charge in [-0.1, -0.05) is 12.1 Å². The number of sulfonamides is 1. The van der Waals surface area contributed by atoms with Crippen LogP contribution in [-0.2, 0) is 31.4 Å². The Morgan fingerprint density at radius 3 is 2.17 bits per heavy atom. The van der Waals surface area contributed by atoms with Gasteiger partial charge in [-0.2, -0.15) is 12.7 Å². The third kappa shape index (κ3) is 6.60. The van der Waals surface area contributed by atoms with E-state index in [9.17, 15) is 31.3 Å². The number of nitro benzene ring substituents is 1. The highest BCUT2D eigenvalue weighted by Crippen LogP contribution is 2.24. The molecule has 35 heavy (non-hydrogen) atoms. The minimum atomic E-state index is -4.25. The van der Waals surface area contributed by atoms with E-state index in [1.165, 1.54) is 25.3 Å². The van der Waals surface area contributed by atoms with Gasteiger partial charge in [0.05, 0.1) is 16.4 Å². The number of hydrogen-bond acceptors (Lipinski definition) is 8. The van der Waals surface area contributed by atoms with E-state index in [0.717, 1.165) is 52.8 Å². The summed E-state index contributed by atoms with van der Waals surface area (Å²) in [4.78, 5) is 9.85.